The van der Waals surface area contributed by atoms with Crippen LogP contribution in [0.3, 0.4) is 0 Å². The van der Waals surface area contributed by atoms with Crippen molar-refractivity contribution in [1.29, 1.82) is 0 Å². The van der Waals surface area contributed by atoms with E-state index in [4.69, 9.17) is 11.5 Å². The van der Waals surface area contributed by atoms with Crippen LogP contribution in [0.5, 0.6) is 0 Å². The normalized spacial score (nSPS) is 18.5. The Balaban J connectivity index is 2.03. The first-order chi connectivity index (χ1) is 10.6. The van der Waals surface area contributed by atoms with E-state index >= 15 is 0 Å². The molecular weight excluding hydrogens is 278 g/mol. The number of benzene rings is 1. The summed E-state index contributed by atoms with van der Waals surface area (Å²) in [4.78, 5) is 19.2. The Bertz CT molecular complexity index is 679. The zero-order valence-corrected chi connectivity index (χ0v) is 12.4. The minimum atomic E-state index is -0.430. The molecule has 0 saturated carbocycles. The maximum absolute atomic E-state index is 11.4. The van der Waals surface area contributed by atoms with Gasteiger partial charge in [-0.1, -0.05) is 12.8 Å². The minimum absolute atomic E-state index is 0.0607. The predicted molar refractivity (Wildman–Crippen MR) is 86.4 cm³/mol. The summed E-state index contributed by atoms with van der Waals surface area (Å²) in [5, 5.41) is 3.39. The fourth-order valence-corrected chi connectivity index (χ4v) is 2.76. The molecule has 6 heteroatoms. The lowest BCUT2D eigenvalue weighted by molar-refractivity contribution is 0.100. The van der Waals surface area contributed by atoms with Gasteiger partial charge in [-0.3, -0.25) is 4.79 Å². The van der Waals surface area contributed by atoms with Gasteiger partial charge in [0.1, 0.15) is 5.82 Å². The van der Waals surface area contributed by atoms with Crippen LogP contribution >= 0.6 is 0 Å². The van der Waals surface area contributed by atoms with Crippen molar-refractivity contribution < 1.29 is 4.79 Å². The standard InChI is InChI=1S/C16H21N5O/c17-12-4-2-1-3-7-19-13-8-10(15(18)22)5-6-11(13)14-9-20-16(12)21-14/h5-6,8-9,12,19H,1-4,7,17H2,(H2,18,22)(H,20,21). The second-order valence-corrected chi connectivity index (χ2v) is 5.68. The van der Waals surface area contributed by atoms with Crippen LogP contribution < -0.4 is 16.8 Å². The summed E-state index contributed by atoms with van der Waals surface area (Å²) in [7, 11) is 0. The maximum atomic E-state index is 11.4. The number of amides is 1. The number of carbonyl (C=O) groups is 1. The molecule has 0 saturated heterocycles. The van der Waals surface area contributed by atoms with Crippen molar-refractivity contribution in [3.05, 3.63) is 35.8 Å². The van der Waals surface area contributed by atoms with Crippen LogP contribution in [-0.2, 0) is 0 Å². The molecule has 1 aromatic carbocycles. The first kappa shape index (κ1) is 14.6. The highest BCUT2D eigenvalue weighted by Crippen LogP contribution is 2.29. The molecule has 1 aliphatic heterocycles. The van der Waals surface area contributed by atoms with Crippen molar-refractivity contribution in [3.8, 4) is 11.3 Å². The summed E-state index contributed by atoms with van der Waals surface area (Å²) in [6.45, 7) is 0.849. The van der Waals surface area contributed by atoms with Crippen molar-refractivity contribution in [2.75, 3.05) is 11.9 Å². The number of nitrogens with zero attached hydrogens (tertiary/aromatic N) is 1. The maximum Gasteiger partial charge on any atom is 0.248 e. The summed E-state index contributed by atoms with van der Waals surface area (Å²) in [6.07, 6.45) is 6.04. The van der Waals surface area contributed by atoms with E-state index in [9.17, 15) is 4.79 Å². The van der Waals surface area contributed by atoms with Gasteiger partial charge in [-0.25, -0.2) is 4.98 Å². The molecule has 6 N–H and O–H groups in total. The lowest BCUT2D eigenvalue weighted by Gasteiger charge is -2.14. The van der Waals surface area contributed by atoms with Gasteiger partial charge in [0.15, 0.2) is 0 Å². The van der Waals surface area contributed by atoms with Crippen molar-refractivity contribution in [2.45, 2.75) is 31.7 Å². The zero-order valence-electron chi connectivity index (χ0n) is 12.4. The predicted octanol–water partition coefficient (Wildman–Crippen LogP) is 2.16. The topological polar surface area (TPSA) is 110 Å². The second-order valence-electron chi connectivity index (χ2n) is 5.68. The number of rotatable bonds is 1. The Morgan fingerprint density at radius 2 is 2.14 bits per heavy atom. The number of aromatic nitrogens is 2. The third-order valence-corrected chi connectivity index (χ3v) is 4.04. The molecule has 6 nitrogen and oxygen atoms in total. The molecule has 2 aromatic rings. The fraction of sp³-hybridized carbons (Fsp3) is 0.375. The number of hydrogen-bond donors (Lipinski definition) is 4. The van der Waals surface area contributed by atoms with Crippen LogP contribution in [-0.4, -0.2) is 22.4 Å². The van der Waals surface area contributed by atoms with E-state index in [1.165, 1.54) is 0 Å². The van der Waals surface area contributed by atoms with Gasteiger partial charge < -0.3 is 21.8 Å². The molecule has 0 spiro atoms. The summed E-state index contributed by atoms with van der Waals surface area (Å²) >= 11 is 0. The molecule has 0 radical (unpaired) electrons. The number of anilines is 1. The molecule has 1 unspecified atom stereocenters. The van der Waals surface area contributed by atoms with Gasteiger partial charge in [-0.05, 0) is 31.0 Å². The third kappa shape index (κ3) is 2.96. The third-order valence-electron chi connectivity index (χ3n) is 4.04. The van der Waals surface area contributed by atoms with E-state index in [2.05, 4.69) is 15.3 Å². The first-order valence-electron chi connectivity index (χ1n) is 7.64. The number of carbonyl (C=O) groups excluding carboxylic acids is 1. The molecule has 3 rings (SSSR count). The molecule has 1 amide bonds. The largest absolute Gasteiger partial charge is 0.384 e. The van der Waals surface area contributed by atoms with E-state index in [0.717, 1.165) is 55.0 Å². The van der Waals surface area contributed by atoms with Gasteiger partial charge >= 0.3 is 0 Å². The first-order valence-corrected chi connectivity index (χ1v) is 7.64. The molecule has 22 heavy (non-hydrogen) atoms. The Kier molecular flexibility index (Phi) is 4.11. The van der Waals surface area contributed by atoms with Crippen molar-refractivity contribution in [3.63, 3.8) is 0 Å². The number of imidazole rings is 1. The Morgan fingerprint density at radius 1 is 1.27 bits per heavy atom. The molecule has 0 fully saturated rings. The van der Waals surface area contributed by atoms with Crippen LogP contribution in [0.1, 0.15) is 47.9 Å². The fourth-order valence-electron chi connectivity index (χ4n) is 2.76. The Morgan fingerprint density at radius 3 is 2.95 bits per heavy atom. The van der Waals surface area contributed by atoms with Crippen LogP contribution in [0.25, 0.3) is 11.3 Å². The molecule has 116 valence electrons. The van der Waals surface area contributed by atoms with Crippen LogP contribution in [0.2, 0.25) is 0 Å². The summed E-state index contributed by atoms with van der Waals surface area (Å²) in [5.41, 5.74) is 14.7. The Hall–Kier alpha value is -2.34. The Labute approximate surface area is 129 Å². The summed E-state index contributed by atoms with van der Waals surface area (Å²) < 4.78 is 0. The lowest BCUT2D eigenvalue weighted by Crippen LogP contribution is -2.13. The van der Waals surface area contributed by atoms with Gasteiger partial charge in [-0.2, -0.15) is 0 Å². The molecule has 2 heterocycles. The van der Waals surface area contributed by atoms with Gasteiger partial charge in [0.05, 0.1) is 11.7 Å². The monoisotopic (exact) mass is 299 g/mol. The van der Waals surface area contributed by atoms with Gasteiger partial charge in [0.25, 0.3) is 0 Å². The summed E-state index contributed by atoms with van der Waals surface area (Å²) in [5.74, 6) is 0.376. The molecule has 1 atom stereocenters. The minimum Gasteiger partial charge on any atom is -0.384 e. The number of H-pyrrole nitrogens is 1. The van der Waals surface area contributed by atoms with Gasteiger partial charge in [0, 0.05) is 29.6 Å². The second kappa shape index (κ2) is 6.19. The molecule has 1 aromatic heterocycles. The smallest absolute Gasteiger partial charge is 0.248 e. The van der Waals surface area contributed by atoms with E-state index in [1.54, 1.807) is 12.1 Å². The SMILES string of the molecule is NC(=O)c1ccc2c(c1)NCCCCCC(N)c1nc-2c[nH]1. The molecule has 1 aliphatic rings. The number of nitrogens with two attached hydrogens (primary N) is 2. The van der Waals surface area contributed by atoms with E-state index in [-0.39, 0.29) is 6.04 Å². The highest BCUT2D eigenvalue weighted by Gasteiger charge is 2.15. The highest BCUT2D eigenvalue weighted by molar-refractivity contribution is 5.95. The number of fused-ring (bicyclic) bond motifs is 4. The number of primary amides is 1. The number of nitrogens with one attached hydrogen (secondary N) is 2. The van der Waals surface area contributed by atoms with Crippen LogP contribution in [0, 0.1) is 0 Å². The van der Waals surface area contributed by atoms with Crippen molar-refractivity contribution >= 4 is 11.6 Å². The molecular formula is C16H21N5O. The quantitative estimate of drug-likeness (QED) is 0.646. The van der Waals surface area contributed by atoms with Crippen molar-refractivity contribution in [2.24, 2.45) is 11.5 Å². The number of hydrogen-bond acceptors (Lipinski definition) is 4. The summed E-state index contributed by atoms with van der Waals surface area (Å²) in [6, 6.07) is 5.33. The van der Waals surface area contributed by atoms with Crippen LogP contribution in [0.4, 0.5) is 5.69 Å². The average molecular weight is 299 g/mol. The zero-order chi connectivity index (χ0) is 15.5. The average Bonchev–Trinajstić information content (AvgIpc) is 2.99. The number of aromatic amines is 1. The van der Waals surface area contributed by atoms with E-state index < -0.39 is 5.91 Å². The molecule has 0 aliphatic carbocycles. The molecule has 2 bridgehead atoms. The van der Waals surface area contributed by atoms with E-state index in [0.29, 0.717) is 5.56 Å². The van der Waals surface area contributed by atoms with E-state index in [1.807, 2.05) is 12.3 Å². The van der Waals surface area contributed by atoms with Crippen molar-refractivity contribution in [1.82, 2.24) is 9.97 Å². The van der Waals surface area contributed by atoms with Gasteiger partial charge in [-0.15, -0.1) is 0 Å². The lowest BCUT2D eigenvalue weighted by atomic mass is 10.0. The van der Waals surface area contributed by atoms with Gasteiger partial charge in [0.2, 0.25) is 5.91 Å². The highest BCUT2D eigenvalue weighted by atomic mass is 16.1. The van der Waals surface area contributed by atoms with Crippen LogP contribution in [0.15, 0.2) is 24.4 Å².